The Morgan fingerprint density at radius 3 is 2.72 bits per heavy atom. The lowest BCUT2D eigenvalue weighted by atomic mass is 9.95. The molecule has 18 heavy (non-hydrogen) atoms. The number of carbonyl (C=O) groups is 1. The van der Waals surface area contributed by atoms with E-state index in [1.807, 2.05) is 0 Å². The molecule has 0 aliphatic heterocycles. The van der Waals surface area contributed by atoms with Crippen LogP contribution >= 0.6 is 11.6 Å². The highest BCUT2D eigenvalue weighted by Gasteiger charge is 2.25. The Labute approximate surface area is 112 Å². The van der Waals surface area contributed by atoms with Crippen molar-refractivity contribution in [3.63, 3.8) is 0 Å². The Bertz CT molecular complexity index is 445. The van der Waals surface area contributed by atoms with E-state index in [-0.39, 0.29) is 11.9 Å². The van der Waals surface area contributed by atoms with Gasteiger partial charge in [-0.2, -0.15) is 0 Å². The monoisotopic (exact) mass is 268 g/mol. The van der Waals surface area contributed by atoms with Crippen LogP contribution < -0.4 is 4.74 Å². The molecule has 1 aromatic rings. The Hall–Kier alpha value is -1.06. The summed E-state index contributed by atoms with van der Waals surface area (Å²) in [5.74, 6) is 0.508. The van der Waals surface area contributed by atoms with E-state index < -0.39 is 6.10 Å². The fraction of sp³-hybridized carbons (Fsp3) is 0.500. The van der Waals surface area contributed by atoms with E-state index >= 15 is 0 Å². The lowest BCUT2D eigenvalue weighted by Gasteiger charge is -2.28. The van der Waals surface area contributed by atoms with Crippen LogP contribution in [-0.4, -0.2) is 23.1 Å². The summed E-state index contributed by atoms with van der Waals surface area (Å²) in [5.41, 5.74) is 0.566. The average Bonchev–Trinajstić information content (AvgIpc) is 2.34. The van der Waals surface area contributed by atoms with Gasteiger partial charge in [0.2, 0.25) is 0 Å². The Morgan fingerprint density at radius 1 is 1.39 bits per heavy atom. The summed E-state index contributed by atoms with van der Waals surface area (Å²) in [5, 5.41) is 10.3. The first-order valence-corrected chi connectivity index (χ1v) is 6.61. The number of benzene rings is 1. The highest BCUT2D eigenvalue weighted by Crippen LogP contribution is 2.30. The smallest absolute Gasteiger partial charge is 0.159 e. The predicted octanol–water partition coefficient (Wildman–Crippen LogP) is 3.22. The molecule has 0 bridgehead atoms. The zero-order valence-corrected chi connectivity index (χ0v) is 11.1. The van der Waals surface area contributed by atoms with Crippen molar-refractivity contribution in [3.8, 4) is 5.75 Å². The molecule has 0 aromatic heterocycles. The summed E-state index contributed by atoms with van der Waals surface area (Å²) in [6.45, 7) is 1.50. The van der Waals surface area contributed by atoms with E-state index in [2.05, 4.69) is 0 Å². The molecule has 3 nitrogen and oxygen atoms in total. The molecular formula is C14H17ClO3. The number of hydrogen-bond donors (Lipinski definition) is 1. The lowest BCUT2D eigenvalue weighted by Crippen LogP contribution is -2.34. The first-order chi connectivity index (χ1) is 8.58. The zero-order valence-electron chi connectivity index (χ0n) is 10.4. The molecular weight excluding hydrogens is 252 g/mol. The van der Waals surface area contributed by atoms with Crippen molar-refractivity contribution in [3.05, 3.63) is 28.8 Å². The van der Waals surface area contributed by atoms with Crippen LogP contribution in [0.25, 0.3) is 0 Å². The fourth-order valence-corrected chi connectivity index (χ4v) is 2.42. The zero-order chi connectivity index (χ0) is 13.1. The lowest BCUT2D eigenvalue weighted by molar-refractivity contribution is 0.00692. The minimum Gasteiger partial charge on any atom is -0.486 e. The van der Waals surface area contributed by atoms with Gasteiger partial charge in [-0.05, 0) is 44.4 Å². The van der Waals surface area contributed by atoms with Gasteiger partial charge in [-0.1, -0.05) is 18.0 Å². The maximum Gasteiger partial charge on any atom is 0.159 e. The molecule has 1 aromatic carbocycles. The summed E-state index contributed by atoms with van der Waals surface area (Å²) in [4.78, 5) is 11.2. The minimum absolute atomic E-state index is 0.0267. The van der Waals surface area contributed by atoms with Crippen LogP contribution in [-0.2, 0) is 0 Å². The van der Waals surface area contributed by atoms with Gasteiger partial charge in [-0.15, -0.1) is 0 Å². The fourth-order valence-electron chi connectivity index (χ4n) is 2.19. The summed E-state index contributed by atoms with van der Waals surface area (Å²) in [7, 11) is 0. The van der Waals surface area contributed by atoms with Crippen molar-refractivity contribution in [1.82, 2.24) is 0 Å². The second kappa shape index (κ2) is 5.72. The highest BCUT2D eigenvalue weighted by atomic mass is 35.5. The predicted molar refractivity (Wildman–Crippen MR) is 70.3 cm³/mol. The van der Waals surface area contributed by atoms with E-state index in [0.717, 1.165) is 25.7 Å². The number of ether oxygens (including phenoxy) is 1. The number of rotatable bonds is 3. The molecule has 0 heterocycles. The number of hydrogen-bond acceptors (Lipinski definition) is 3. The van der Waals surface area contributed by atoms with Crippen LogP contribution in [0.15, 0.2) is 18.2 Å². The quantitative estimate of drug-likeness (QED) is 0.856. The average molecular weight is 269 g/mol. The molecule has 2 atom stereocenters. The first kappa shape index (κ1) is 13.4. The van der Waals surface area contributed by atoms with Crippen LogP contribution in [0, 0.1) is 0 Å². The van der Waals surface area contributed by atoms with Crippen LogP contribution in [0.4, 0.5) is 0 Å². The van der Waals surface area contributed by atoms with E-state index in [4.69, 9.17) is 16.3 Å². The molecule has 4 heteroatoms. The van der Waals surface area contributed by atoms with Crippen LogP contribution in [0.5, 0.6) is 5.75 Å². The standard InChI is InChI=1S/C14H17ClO3/c1-9(16)10-6-7-13(11(15)8-10)18-14-5-3-2-4-12(14)17/h6-8,12,14,17H,2-5H2,1H3/t12-,14+/m1/s1. The SMILES string of the molecule is CC(=O)c1ccc(O[C@H]2CCCC[C@H]2O)c(Cl)c1. The third-order valence-electron chi connectivity index (χ3n) is 3.28. The molecule has 0 saturated heterocycles. The number of aliphatic hydroxyl groups excluding tert-OH is 1. The van der Waals surface area contributed by atoms with Crippen LogP contribution in [0.1, 0.15) is 43.0 Å². The molecule has 1 aliphatic rings. The molecule has 98 valence electrons. The van der Waals surface area contributed by atoms with E-state index in [1.165, 1.54) is 6.92 Å². The normalized spacial score (nSPS) is 23.7. The van der Waals surface area contributed by atoms with Gasteiger partial charge in [0.1, 0.15) is 11.9 Å². The van der Waals surface area contributed by atoms with E-state index in [9.17, 15) is 9.90 Å². The summed E-state index contributed by atoms with van der Waals surface area (Å²) >= 11 is 6.08. The molecule has 1 fully saturated rings. The van der Waals surface area contributed by atoms with Gasteiger partial charge in [0.15, 0.2) is 5.78 Å². The summed E-state index contributed by atoms with van der Waals surface area (Å²) < 4.78 is 5.74. The maximum absolute atomic E-state index is 11.2. The topological polar surface area (TPSA) is 46.5 Å². The third kappa shape index (κ3) is 3.03. The number of Topliss-reactive ketones (excluding diaryl/α,β-unsaturated/α-hetero) is 1. The Kier molecular flexibility index (Phi) is 4.25. The maximum atomic E-state index is 11.2. The van der Waals surface area contributed by atoms with Crippen molar-refractivity contribution in [2.45, 2.75) is 44.8 Å². The van der Waals surface area contributed by atoms with Crippen molar-refractivity contribution in [2.24, 2.45) is 0 Å². The van der Waals surface area contributed by atoms with Gasteiger partial charge in [0, 0.05) is 5.56 Å². The third-order valence-corrected chi connectivity index (χ3v) is 3.58. The van der Waals surface area contributed by atoms with E-state index in [1.54, 1.807) is 18.2 Å². The molecule has 1 N–H and O–H groups in total. The van der Waals surface area contributed by atoms with Crippen molar-refractivity contribution >= 4 is 17.4 Å². The summed E-state index contributed by atoms with van der Waals surface area (Å²) in [6.07, 6.45) is 3.09. The van der Waals surface area contributed by atoms with Gasteiger partial charge in [0.25, 0.3) is 0 Å². The Balaban J connectivity index is 2.11. The largest absolute Gasteiger partial charge is 0.486 e. The van der Waals surface area contributed by atoms with Crippen molar-refractivity contribution in [2.75, 3.05) is 0 Å². The molecule has 0 radical (unpaired) electrons. The minimum atomic E-state index is -0.428. The van der Waals surface area contributed by atoms with E-state index in [0.29, 0.717) is 16.3 Å². The molecule has 1 saturated carbocycles. The molecule has 0 unspecified atom stereocenters. The molecule has 0 spiro atoms. The van der Waals surface area contributed by atoms with Gasteiger partial charge < -0.3 is 9.84 Å². The highest BCUT2D eigenvalue weighted by molar-refractivity contribution is 6.32. The van der Waals surface area contributed by atoms with Crippen LogP contribution in [0.3, 0.4) is 0 Å². The van der Waals surface area contributed by atoms with Gasteiger partial charge in [0.05, 0.1) is 11.1 Å². The van der Waals surface area contributed by atoms with Gasteiger partial charge >= 0.3 is 0 Å². The molecule has 2 rings (SSSR count). The number of carbonyl (C=O) groups excluding carboxylic acids is 1. The second-order valence-corrected chi connectivity index (χ2v) is 5.12. The van der Waals surface area contributed by atoms with Gasteiger partial charge in [-0.25, -0.2) is 0 Å². The summed E-state index contributed by atoms with van der Waals surface area (Å²) in [6, 6.07) is 4.99. The number of aliphatic hydroxyl groups is 1. The number of ketones is 1. The Morgan fingerprint density at radius 2 is 2.11 bits per heavy atom. The first-order valence-electron chi connectivity index (χ1n) is 6.23. The van der Waals surface area contributed by atoms with Gasteiger partial charge in [-0.3, -0.25) is 4.79 Å². The second-order valence-electron chi connectivity index (χ2n) is 4.71. The number of halogens is 1. The van der Waals surface area contributed by atoms with Crippen molar-refractivity contribution in [1.29, 1.82) is 0 Å². The molecule has 0 amide bonds. The van der Waals surface area contributed by atoms with Crippen molar-refractivity contribution < 1.29 is 14.6 Å². The van der Waals surface area contributed by atoms with Crippen LogP contribution in [0.2, 0.25) is 5.02 Å². The molecule has 1 aliphatic carbocycles.